The van der Waals surface area contributed by atoms with Gasteiger partial charge in [-0.1, -0.05) is 0 Å². The first kappa shape index (κ1) is 12.4. The summed E-state index contributed by atoms with van der Waals surface area (Å²) in [5.74, 6) is 0.542. The molecule has 2 aliphatic heterocycles. The van der Waals surface area contributed by atoms with E-state index < -0.39 is 0 Å². The zero-order valence-electron chi connectivity index (χ0n) is 10.1. The molecule has 0 aromatic rings. The van der Waals surface area contributed by atoms with E-state index in [1.165, 1.54) is 0 Å². The Morgan fingerprint density at radius 2 is 2.12 bits per heavy atom. The van der Waals surface area contributed by atoms with Crippen molar-refractivity contribution in [1.29, 1.82) is 0 Å². The van der Waals surface area contributed by atoms with E-state index in [9.17, 15) is 4.79 Å². The third kappa shape index (κ3) is 3.20. The lowest BCUT2D eigenvalue weighted by atomic mass is 10.2. The van der Waals surface area contributed by atoms with Crippen molar-refractivity contribution in [2.75, 3.05) is 45.9 Å². The first-order chi connectivity index (χ1) is 8.31. The summed E-state index contributed by atoms with van der Waals surface area (Å²) in [5, 5.41) is 8.85. The molecule has 17 heavy (non-hydrogen) atoms. The lowest BCUT2D eigenvalue weighted by Gasteiger charge is -2.34. The number of hydrogen-bond acceptors (Lipinski definition) is 4. The van der Waals surface area contributed by atoms with Gasteiger partial charge in [0, 0.05) is 32.7 Å². The lowest BCUT2D eigenvalue weighted by molar-refractivity contribution is -0.133. The van der Waals surface area contributed by atoms with Crippen LogP contribution in [0.4, 0.5) is 0 Å². The third-order valence-corrected chi connectivity index (χ3v) is 3.22. The van der Waals surface area contributed by atoms with E-state index in [0.29, 0.717) is 18.9 Å². The number of amides is 1. The second-order valence-corrected chi connectivity index (χ2v) is 4.42. The minimum atomic E-state index is 0.0216. The molecule has 0 spiro atoms. The number of ether oxygens (including phenoxy) is 1. The van der Waals surface area contributed by atoms with Crippen LogP contribution in [0.25, 0.3) is 0 Å². The average molecular weight is 240 g/mol. The van der Waals surface area contributed by atoms with Gasteiger partial charge < -0.3 is 14.7 Å². The normalized spacial score (nSPS) is 21.9. The van der Waals surface area contributed by atoms with E-state index in [2.05, 4.69) is 4.90 Å². The van der Waals surface area contributed by atoms with Crippen molar-refractivity contribution in [3.05, 3.63) is 11.8 Å². The second kappa shape index (κ2) is 6.02. The van der Waals surface area contributed by atoms with Crippen LogP contribution < -0.4 is 0 Å². The summed E-state index contributed by atoms with van der Waals surface area (Å²) < 4.78 is 5.38. The van der Waals surface area contributed by atoms with Crippen molar-refractivity contribution in [2.45, 2.75) is 12.8 Å². The van der Waals surface area contributed by atoms with Crippen LogP contribution in [0.5, 0.6) is 0 Å². The van der Waals surface area contributed by atoms with Gasteiger partial charge in [-0.3, -0.25) is 9.69 Å². The molecule has 1 N–H and O–H groups in total. The highest BCUT2D eigenvalue weighted by Crippen LogP contribution is 2.14. The van der Waals surface area contributed by atoms with E-state index in [0.717, 1.165) is 39.0 Å². The number of rotatable bonds is 3. The van der Waals surface area contributed by atoms with Crippen LogP contribution in [0, 0.1) is 0 Å². The van der Waals surface area contributed by atoms with Gasteiger partial charge in [0.2, 0.25) is 0 Å². The summed E-state index contributed by atoms with van der Waals surface area (Å²) in [6.07, 6.45) is 3.83. The molecule has 2 rings (SSSR count). The lowest BCUT2D eigenvalue weighted by Crippen LogP contribution is -2.49. The highest BCUT2D eigenvalue weighted by Gasteiger charge is 2.24. The van der Waals surface area contributed by atoms with E-state index in [4.69, 9.17) is 9.84 Å². The molecule has 5 nitrogen and oxygen atoms in total. The highest BCUT2D eigenvalue weighted by atomic mass is 16.5. The molecule has 1 fully saturated rings. The number of allylic oxidation sites excluding steroid dienone is 1. The van der Waals surface area contributed by atoms with Gasteiger partial charge in [0.1, 0.15) is 0 Å². The van der Waals surface area contributed by atoms with Crippen molar-refractivity contribution in [3.8, 4) is 0 Å². The van der Waals surface area contributed by atoms with Crippen molar-refractivity contribution in [3.63, 3.8) is 0 Å². The molecule has 0 aromatic heterocycles. The second-order valence-electron chi connectivity index (χ2n) is 4.42. The van der Waals surface area contributed by atoms with Gasteiger partial charge in [-0.2, -0.15) is 0 Å². The summed E-state index contributed by atoms with van der Waals surface area (Å²) in [5.41, 5.74) is 0. The van der Waals surface area contributed by atoms with Gasteiger partial charge in [0.25, 0.3) is 5.91 Å². The molecule has 0 saturated carbocycles. The Bertz CT molecular complexity index is 296. The van der Waals surface area contributed by atoms with Crippen molar-refractivity contribution < 1.29 is 14.6 Å². The molecule has 2 aliphatic rings. The SMILES string of the molecule is O=C(C1=CCCCO1)N1CCN(CCO)CC1. The fourth-order valence-corrected chi connectivity index (χ4v) is 2.18. The minimum absolute atomic E-state index is 0.0216. The first-order valence-electron chi connectivity index (χ1n) is 6.26. The zero-order valence-corrected chi connectivity index (χ0v) is 10.1. The predicted octanol–water partition coefficient (Wildman–Crippen LogP) is -0.183. The molecule has 0 aromatic carbocycles. The monoisotopic (exact) mass is 240 g/mol. The van der Waals surface area contributed by atoms with Crippen molar-refractivity contribution >= 4 is 5.91 Å². The largest absolute Gasteiger partial charge is 0.488 e. The van der Waals surface area contributed by atoms with Gasteiger partial charge in [-0.05, 0) is 18.9 Å². The van der Waals surface area contributed by atoms with Crippen molar-refractivity contribution in [2.24, 2.45) is 0 Å². The Hall–Kier alpha value is -1.07. The third-order valence-electron chi connectivity index (χ3n) is 3.22. The Morgan fingerprint density at radius 1 is 1.35 bits per heavy atom. The van der Waals surface area contributed by atoms with Crippen molar-refractivity contribution in [1.82, 2.24) is 9.80 Å². The average Bonchev–Trinajstić information content (AvgIpc) is 2.40. The molecule has 2 heterocycles. The molecule has 0 aliphatic carbocycles. The zero-order chi connectivity index (χ0) is 12.1. The molecule has 1 saturated heterocycles. The maximum atomic E-state index is 12.1. The number of aliphatic hydroxyl groups excluding tert-OH is 1. The van der Waals surface area contributed by atoms with Gasteiger partial charge in [0.05, 0.1) is 13.2 Å². The summed E-state index contributed by atoms with van der Waals surface area (Å²) in [7, 11) is 0. The van der Waals surface area contributed by atoms with Crippen LogP contribution in [-0.2, 0) is 9.53 Å². The number of piperazine rings is 1. The molecular formula is C12H20N2O3. The number of carbonyl (C=O) groups excluding carboxylic acids is 1. The molecule has 5 heteroatoms. The summed E-state index contributed by atoms with van der Waals surface area (Å²) in [6, 6.07) is 0. The summed E-state index contributed by atoms with van der Waals surface area (Å²) >= 11 is 0. The number of β-amino-alcohol motifs (C(OH)–C–C–N with tert-alkyl or cyclic N) is 1. The molecule has 0 atom stereocenters. The summed E-state index contributed by atoms with van der Waals surface area (Å²) in [6.45, 7) is 4.64. The van der Waals surface area contributed by atoms with Crippen LogP contribution in [0.15, 0.2) is 11.8 Å². The van der Waals surface area contributed by atoms with E-state index >= 15 is 0 Å². The van der Waals surface area contributed by atoms with Gasteiger partial charge in [0.15, 0.2) is 5.76 Å². The number of aliphatic hydroxyl groups is 1. The van der Waals surface area contributed by atoms with E-state index in [-0.39, 0.29) is 12.5 Å². The van der Waals surface area contributed by atoms with E-state index in [1.54, 1.807) is 0 Å². The molecule has 96 valence electrons. The Kier molecular flexibility index (Phi) is 4.39. The highest BCUT2D eigenvalue weighted by molar-refractivity contribution is 5.91. The van der Waals surface area contributed by atoms with Crippen LogP contribution >= 0.6 is 0 Å². The minimum Gasteiger partial charge on any atom is -0.488 e. The first-order valence-corrected chi connectivity index (χ1v) is 6.26. The number of hydrogen-bond donors (Lipinski definition) is 1. The smallest absolute Gasteiger partial charge is 0.288 e. The van der Waals surface area contributed by atoms with Crippen LogP contribution in [0.1, 0.15) is 12.8 Å². The van der Waals surface area contributed by atoms with Gasteiger partial charge in [-0.25, -0.2) is 0 Å². The Balaban J connectivity index is 1.83. The summed E-state index contributed by atoms with van der Waals surface area (Å²) in [4.78, 5) is 16.1. The maximum absolute atomic E-state index is 12.1. The van der Waals surface area contributed by atoms with E-state index in [1.807, 2.05) is 11.0 Å². The quantitative estimate of drug-likeness (QED) is 0.743. The Labute approximate surface area is 102 Å². The molecular weight excluding hydrogens is 220 g/mol. The van der Waals surface area contributed by atoms with Gasteiger partial charge >= 0.3 is 0 Å². The molecule has 0 unspecified atom stereocenters. The fourth-order valence-electron chi connectivity index (χ4n) is 2.18. The topological polar surface area (TPSA) is 53.0 Å². The number of nitrogens with zero attached hydrogens (tertiary/aromatic N) is 2. The number of carbonyl (C=O) groups is 1. The predicted molar refractivity (Wildman–Crippen MR) is 63.4 cm³/mol. The van der Waals surface area contributed by atoms with Crippen LogP contribution in [0.3, 0.4) is 0 Å². The standard InChI is InChI=1S/C12H20N2O3/c15-9-8-13-4-6-14(7-5-13)12(16)11-3-1-2-10-17-11/h3,15H,1-2,4-10H2. The maximum Gasteiger partial charge on any atom is 0.288 e. The molecule has 0 bridgehead atoms. The molecule has 1 amide bonds. The Morgan fingerprint density at radius 3 is 2.71 bits per heavy atom. The van der Waals surface area contributed by atoms with Crippen LogP contribution in [0.2, 0.25) is 0 Å². The van der Waals surface area contributed by atoms with Gasteiger partial charge in [-0.15, -0.1) is 0 Å². The van der Waals surface area contributed by atoms with Crippen LogP contribution in [-0.4, -0.2) is 66.8 Å². The fraction of sp³-hybridized carbons (Fsp3) is 0.750. The molecule has 0 radical (unpaired) electrons.